The molecule has 0 saturated carbocycles. The molecule has 7 nitrogen and oxygen atoms in total. The summed E-state index contributed by atoms with van der Waals surface area (Å²) in [4.78, 5) is 29.6. The van der Waals surface area contributed by atoms with E-state index in [0.717, 1.165) is 16.9 Å². The molecule has 2 aromatic carbocycles. The Balaban J connectivity index is 1.50. The Hall–Kier alpha value is -4.57. The molecule has 0 aliphatic heterocycles. The smallest absolute Gasteiger partial charge is 0.291 e. The molecule has 0 aliphatic carbocycles. The summed E-state index contributed by atoms with van der Waals surface area (Å²) in [6, 6.07) is 20.6. The van der Waals surface area contributed by atoms with E-state index < -0.39 is 23.9 Å². The highest BCUT2D eigenvalue weighted by atomic mass is 32.1. The Kier molecular flexibility index (Phi) is 6.89. The Morgan fingerprint density at radius 2 is 1.82 bits per heavy atom. The SMILES string of the molecule is Cc1ccccc1OCc1ccc(C(=O)Nc2c(C(N)=O)sc3nc(C(F)F)cc(-c4ccccc4)c23)o1. The van der Waals surface area contributed by atoms with Gasteiger partial charge in [-0.05, 0) is 47.9 Å². The second-order valence-electron chi connectivity index (χ2n) is 8.39. The van der Waals surface area contributed by atoms with Crippen LogP contribution in [0, 0.1) is 6.92 Å². The number of benzene rings is 2. The predicted molar refractivity (Wildman–Crippen MR) is 141 cm³/mol. The molecule has 5 rings (SSSR count). The molecular formula is C28H21F2N3O4S. The molecule has 2 amide bonds. The van der Waals surface area contributed by atoms with Gasteiger partial charge in [0.05, 0.1) is 5.69 Å². The van der Waals surface area contributed by atoms with E-state index in [-0.39, 0.29) is 27.8 Å². The van der Waals surface area contributed by atoms with Crippen molar-refractivity contribution in [2.75, 3.05) is 5.32 Å². The van der Waals surface area contributed by atoms with Gasteiger partial charge in [-0.15, -0.1) is 11.3 Å². The lowest BCUT2D eigenvalue weighted by Gasteiger charge is -2.10. The maximum Gasteiger partial charge on any atom is 0.291 e. The van der Waals surface area contributed by atoms with Crippen molar-refractivity contribution in [2.45, 2.75) is 20.0 Å². The third-order valence-corrected chi connectivity index (χ3v) is 6.90. The van der Waals surface area contributed by atoms with Gasteiger partial charge in [0.25, 0.3) is 18.2 Å². The number of fused-ring (bicyclic) bond motifs is 1. The number of nitrogens with two attached hydrogens (primary N) is 1. The molecule has 10 heteroatoms. The maximum atomic E-state index is 13.6. The first-order chi connectivity index (χ1) is 18.3. The van der Waals surface area contributed by atoms with E-state index in [1.54, 1.807) is 36.4 Å². The minimum absolute atomic E-state index is 0.0147. The summed E-state index contributed by atoms with van der Waals surface area (Å²) in [6.07, 6.45) is -2.83. The van der Waals surface area contributed by atoms with Gasteiger partial charge in [0.1, 0.15) is 33.5 Å². The van der Waals surface area contributed by atoms with Gasteiger partial charge in [-0.3, -0.25) is 9.59 Å². The summed E-state index contributed by atoms with van der Waals surface area (Å²) in [5.41, 5.74) is 7.19. The molecule has 0 bridgehead atoms. The summed E-state index contributed by atoms with van der Waals surface area (Å²) >= 11 is 0.838. The number of primary amides is 1. The fourth-order valence-corrected chi connectivity index (χ4v) is 5.00. The van der Waals surface area contributed by atoms with Crippen LogP contribution < -0.4 is 15.8 Å². The number of aryl methyl sites for hydroxylation is 1. The Morgan fingerprint density at radius 3 is 2.53 bits per heavy atom. The van der Waals surface area contributed by atoms with Crippen LogP contribution in [0.25, 0.3) is 21.3 Å². The largest absolute Gasteiger partial charge is 0.485 e. The number of pyridine rings is 1. The number of halogens is 2. The van der Waals surface area contributed by atoms with Crippen molar-refractivity contribution in [1.82, 2.24) is 4.98 Å². The van der Waals surface area contributed by atoms with Crippen molar-refractivity contribution >= 4 is 39.1 Å². The highest BCUT2D eigenvalue weighted by Gasteiger charge is 2.26. The van der Waals surface area contributed by atoms with E-state index >= 15 is 0 Å². The number of amides is 2. The zero-order chi connectivity index (χ0) is 26.8. The molecule has 0 saturated heterocycles. The molecule has 0 aliphatic rings. The van der Waals surface area contributed by atoms with Crippen molar-refractivity contribution in [3.05, 3.63) is 100 Å². The van der Waals surface area contributed by atoms with Crippen molar-refractivity contribution in [3.8, 4) is 16.9 Å². The lowest BCUT2D eigenvalue weighted by atomic mass is 10.0. The normalized spacial score (nSPS) is 11.2. The van der Waals surface area contributed by atoms with E-state index in [2.05, 4.69) is 10.3 Å². The molecule has 5 aromatic rings. The predicted octanol–water partition coefficient (Wildman–Crippen LogP) is 6.73. The monoisotopic (exact) mass is 533 g/mol. The molecule has 192 valence electrons. The molecule has 0 atom stereocenters. The Bertz CT molecular complexity index is 1650. The summed E-state index contributed by atoms with van der Waals surface area (Å²) in [5, 5.41) is 3.03. The maximum absolute atomic E-state index is 13.6. The number of anilines is 1. The zero-order valence-electron chi connectivity index (χ0n) is 20.0. The Labute approximate surface area is 219 Å². The van der Waals surface area contributed by atoms with Crippen LogP contribution in [0.1, 0.15) is 43.7 Å². The average molecular weight is 534 g/mol. The van der Waals surface area contributed by atoms with E-state index in [4.69, 9.17) is 14.9 Å². The zero-order valence-corrected chi connectivity index (χ0v) is 20.9. The van der Waals surface area contributed by atoms with Gasteiger partial charge in [-0.1, -0.05) is 48.5 Å². The van der Waals surface area contributed by atoms with E-state index in [1.807, 2.05) is 31.2 Å². The molecule has 38 heavy (non-hydrogen) atoms. The van der Waals surface area contributed by atoms with E-state index in [0.29, 0.717) is 28.0 Å². The number of nitrogens with one attached hydrogen (secondary N) is 1. The van der Waals surface area contributed by atoms with Gasteiger partial charge in [-0.2, -0.15) is 0 Å². The molecule has 3 N–H and O–H groups in total. The van der Waals surface area contributed by atoms with E-state index in [1.165, 1.54) is 12.1 Å². The minimum atomic E-state index is -2.83. The number of hydrogen-bond donors (Lipinski definition) is 2. The van der Waals surface area contributed by atoms with Crippen LogP contribution in [0.15, 0.2) is 77.2 Å². The number of carbonyl (C=O) groups excluding carboxylic acids is 2. The number of alkyl halides is 2. The summed E-state index contributed by atoms with van der Waals surface area (Å²) in [5.74, 6) is -0.396. The number of furan rings is 1. The van der Waals surface area contributed by atoms with Gasteiger partial charge in [0, 0.05) is 5.39 Å². The molecule has 0 spiro atoms. The topological polar surface area (TPSA) is 107 Å². The summed E-state index contributed by atoms with van der Waals surface area (Å²) in [6.45, 7) is 2.02. The van der Waals surface area contributed by atoms with Crippen LogP contribution in [0.5, 0.6) is 5.75 Å². The van der Waals surface area contributed by atoms with E-state index in [9.17, 15) is 18.4 Å². The molecule has 0 fully saturated rings. The molecule has 0 unspecified atom stereocenters. The fourth-order valence-electron chi connectivity index (χ4n) is 3.99. The number of hydrogen-bond acceptors (Lipinski definition) is 6. The average Bonchev–Trinajstić information content (AvgIpc) is 3.53. The van der Waals surface area contributed by atoms with Crippen LogP contribution >= 0.6 is 11.3 Å². The standard InChI is InChI=1S/C28H21F2N3O4S/c1-15-7-5-6-10-20(15)36-14-17-11-12-21(37-17)27(35)33-23-22-18(16-8-3-2-4-9-16)13-19(25(29)30)32-28(22)38-24(23)26(31)34/h2-13,25H,14H2,1H3,(H2,31,34)(H,33,35). The van der Waals surface area contributed by atoms with Gasteiger partial charge in [-0.25, -0.2) is 13.8 Å². The quantitative estimate of drug-likeness (QED) is 0.230. The van der Waals surface area contributed by atoms with Crippen LogP contribution in [0.4, 0.5) is 14.5 Å². The molecule has 0 radical (unpaired) electrons. The fraction of sp³-hybridized carbons (Fsp3) is 0.107. The second kappa shape index (κ2) is 10.4. The van der Waals surface area contributed by atoms with Gasteiger partial charge in [0.2, 0.25) is 0 Å². The minimum Gasteiger partial charge on any atom is -0.485 e. The summed E-state index contributed by atoms with van der Waals surface area (Å²) < 4.78 is 38.7. The molecule has 3 aromatic heterocycles. The van der Waals surface area contributed by atoms with Crippen LogP contribution in [-0.2, 0) is 6.61 Å². The lowest BCUT2D eigenvalue weighted by Crippen LogP contribution is -2.16. The number of aromatic nitrogens is 1. The second-order valence-corrected chi connectivity index (χ2v) is 9.39. The molecule has 3 heterocycles. The third kappa shape index (κ3) is 4.98. The van der Waals surface area contributed by atoms with Gasteiger partial charge in [0.15, 0.2) is 5.76 Å². The lowest BCUT2D eigenvalue weighted by molar-refractivity contribution is 0.0992. The van der Waals surface area contributed by atoms with Gasteiger partial charge >= 0.3 is 0 Å². The summed E-state index contributed by atoms with van der Waals surface area (Å²) in [7, 11) is 0. The first-order valence-electron chi connectivity index (χ1n) is 11.5. The third-order valence-electron chi connectivity index (χ3n) is 5.80. The van der Waals surface area contributed by atoms with Crippen molar-refractivity contribution in [2.24, 2.45) is 5.73 Å². The van der Waals surface area contributed by atoms with Crippen LogP contribution in [-0.4, -0.2) is 16.8 Å². The molecular weight excluding hydrogens is 512 g/mol. The number of nitrogens with zero attached hydrogens (tertiary/aromatic N) is 1. The van der Waals surface area contributed by atoms with Gasteiger partial charge < -0.3 is 20.2 Å². The van der Waals surface area contributed by atoms with Crippen molar-refractivity contribution < 1.29 is 27.5 Å². The number of carbonyl (C=O) groups is 2. The highest BCUT2D eigenvalue weighted by Crippen LogP contribution is 2.42. The number of rotatable bonds is 8. The van der Waals surface area contributed by atoms with Crippen molar-refractivity contribution in [3.63, 3.8) is 0 Å². The van der Waals surface area contributed by atoms with Crippen LogP contribution in [0.3, 0.4) is 0 Å². The van der Waals surface area contributed by atoms with Crippen molar-refractivity contribution in [1.29, 1.82) is 0 Å². The number of thiophene rings is 1. The first-order valence-corrected chi connectivity index (χ1v) is 12.3. The number of ether oxygens (including phenoxy) is 1. The Morgan fingerprint density at radius 1 is 1.08 bits per heavy atom. The van der Waals surface area contributed by atoms with Crippen LogP contribution in [0.2, 0.25) is 0 Å². The highest BCUT2D eigenvalue weighted by molar-refractivity contribution is 7.21. The first kappa shape index (κ1) is 25.1. The number of para-hydroxylation sites is 1.